The second-order valence-electron chi connectivity index (χ2n) is 8.32. The Balaban J connectivity index is 2.59. The number of aliphatic hydroxyl groups is 2. The molecule has 1 aromatic carbocycles. The molecule has 0 aliphatic rings. The number of sulfonamides is 1. The van der Waals surface area contributed by atoms with Gasteiger partial charge in [0.25, 0.3) is 0 Å². The molecular formula is C23H28FN3O6S-2. The summed E-state index contributed by atoms with van der Waals surface area (Å²) in [5.74, 6) is -3.26. The van der Waals surface area contributed by atoms with Gasteiger partial charge in [0.2, 0.25) is 0 Å². The lowest BCUT2D eigenvalue weighted by molar-refractivity contribution is -0.307. The summed E-state index contributed by atoms with van der Waals surface area (Å²) in [7, 11) is -3.78. The van der Waals surface area contributed by atoms with Crippen LogP contribution in [0.2, 0.25) is 0 Å². The maximum atomic E-state index is 13.5. The second-order valence-corrected chi connectivity index (χ2v) is 9.97. The topological polar surface area (TPSA) is 155 Å². The van der Waals surface area contributed by atoms with Crippen LogP contribution in [-0.4, -0.2) is 54.0 Å². The van der Waals surface area contributed by atoms with Crippen molar-refractivity contribution in [2.45, 2.75) is 32.6 Å². The van der Waals surface area contributed by atoms with E-state index in [2.05, 4.69) is 14.7 Å². The van der Waals surface area contributed by atoms with Gasteiger partial charge in [0.15, 0.2) is 10.0 Å². The number of aromatic nitrogens is 2. The van der Waals surface area contributed by atoms with Crippen LogP contribution >= 0.6 is 0 Å². The van der Waals surface area contributed by atoms with Crippen LogP contribution in [0.3, 0.4) is 0 Å². The van der Waals surface area contributed by atoms with Crippen LogP contribution in [0.5, 0.6) is 0 Å². The molecule has 0 aliphatic carbocycles. The highest BCUT2D eigenvalue weighted by Gasteiger charge is 2.16. The minimum absolute atomic E-state index is 0.175. The van der Waals surface area contributed by atoms with Gasteiger partial charge in [-0.15, -0.1) is 0 Å². The molecule has 0 unspecified atom stereocenters. The Morgan fingerprint density at radius 2 is 1.82 bits per heavy atom. The summed E-state index contributed by atoms with van der Waals surface area (Å²) in [5, 5.41) is 30.1. The third-order valence-corrected chi connectivity index (χ3v) is 5.49. The van der Waals surface area contributed by atoms with Crippen LogP contribution < -0.4 is 5.11 Å². The molecule has 0 bridgehead atoms. The Bertz CT molecular complexity index is 1120. The zero-order valence-electron chi connectivity index (χ0n) is 19.2. The van der Waals surface area contributed by atoms with Crippen molar-refractivity contribution in [2.24, 2.45) is 11.8 Å². The van der Waals surface area contributed by atoms with E-state index in [0.717, 1.165) is 6.26 Å². The van der Waals surface area contributed by atoms with Gasteiger partial charge in [0.1, 0.15) is 5.82 Å². The van der Waals surface area contributed by atoms with E-state index >= 15 is 0 Å². The Hall–Kier alpha value is -2.89. The number of rotatable bonds is 12. The number of carbonyl (C=O) groups is 1. The number of hydrogen-bond acceptors (Lipinski definition) is 8. The fraction of sp³-hybridized carbons (Fsp3) is 0.435. The highest BCUT2D eigenvalue weighted by Crippen LogP contribution is 2.33. The van der Waals surface area contributed by atoms with Crippen LogP contribution in [0.15, 0.2) is 30.3 Å². The van der Waals surface area contributed by atoms with Gasteiger partial charge in [-0.1, -0.05) is 38.1 Å². The third kappa shape index (κ3) is 8.15. The fourth-order valence-electron chi connectivity index (χ4n) is 3.43. The van der Waals surface area contributed by atoms with Crippen molar-refractivity contribution < 1.29 is 32.9 Å². The van der Waals surface area contributed by atoms with E-state index < -0.39 is 33.6 Å². The molecule has 1 heterocycles. The number of carboxylic acid groups (broad SMARTS) is 1. The highest BCUT2D eigenvalue weighted by molar-refractivity contribution is 7.93. The van der Waals surface area contributed by atoms with Crippen molar-refractivity contribution >= 4 is 28.0 Å². The summed E-state index contributed by atoms with van der Waals surface area (Å²) < 4.78 is 40.5. The Morgan fingerprint density at radius 1 is 1.18 bits per heavy atom. The predicted molar refractivity (Wildman–Crippen MR) is 124 cm³/mol. The molecule has 11 heteroatoms. The molecular weight excluding hydrogens is 465 g/mol. The summed E-state index contributed by atoms with van der Waals surface area (Å²) in [6.45, 7) is 3.03. The van der Waals surface area contributed by atoms with Gasteiger partial charge < -0.3 is 30.1 Å². The fourth-order valence-corrected chi connectivity index (χ4v) is 3.81. The molecule has 2 aromatic rings. The van der Waals surface area contributed by atoms with Crippen molar-refractivity contribution in [1.82, 2.24) is 9.97 Å². The minimum Gasteiger partial charge on any atom is -0.550 e. The van der Waals surface area contributed by atoms with Gasteiger partial charge >= 0.3 is 0 Å². The molecule has 0 saturated carbocycles. The number of carboxylic acids is 1. The van der Waals surface area contributed by atoms with E-state index in [4.69, 9.17) is 0 Å². The first-order valence-corrected chi connectivity index (χ1v) is 12.5. The average molecular weight is 494 g/mol. The smallest absolute Gasteiger partial charge is 0.197 e. The van der Waals surface area contributed by atoms with Crippen LogP contribution in [0, 0.1) is 17.7 Å². The summed E-state index contributed by atoms with van der Waals surface area (Å²) in [6, 6.07) is 5.48. The maximum Gasteiger partial charge on any atom is 0.197 e. The van der Waals surface area contributed by atoms with Crippen molar-refractivity contribution in [3.8, 4) is 11.3 Å². The molecule has 34 heavy (non-hydrogen) atoms. The predicted octanol–water partition coefficient (Wildman–Crippen LogP) is 2.13. The van der Waals surface area contributed by atoms with E-state index in [1.54, 1.807) is 12.2 Å². The number of halogens is 1. The van der Waals surface area contributed by atoms with Gasteiger partial charge in [-0.25, -0.2) is 12.8 Å². The van der Waals surface area contributed by atoms with Crippen molar-refractivity contribution in [2.75, 3.05) is 19.5 Å². The van der Waals surface area contributed by atoms with Gasteiger partial charge in [-0.3, -0.25) is 4.72 Å². The van der Waals surface area contributed by atoms with Crippen molar-refractivity contribution in [3.05, 3.63) is 52.1 Å². The zero-order valence-corrected chi connectivity index (χ0v) is 20.0. The minimum atomic E-state index is -3.78. The van der Waals surface area contributed by atoms with E-state index in [1.807, 2.05) is 13.8 Å². The molecule has 0 amide bonds. The van der Waals surface area contributed by atoms with Gasteiger partial charge in [0, 0.05) is 43.0 Å². The lowest BCUT2D eigenvalue weighted by Crippen LogP contribution is -2.27. The molecule has 0 fully saturated rings. The van der Waals surface area contributed by atoms with Gasteiger partial charge in [-0.2, -0.15) is 0 Å². The summed E-state index contributed by atoms with van der Waals surface area (Å²) in [4.78, 5) is 19.5. The standard InChI is InChI=1S/C23H30FN3O6S/c1-14(2)21-19(9-4-15(12-28)10-16(13-29)11-20(30)31)22(17-5-7-18(24)8-6-17)26-23(25-21)27-34(3,32)33/h4-9,14-16,28-29H,10-13H2,1-3H3,(H2,25,26,27,30,31)/p-2/b9-4+/t15-,16-/m1/s1. The summed E-state index contributed by atoms with van der Waals surface area (Å²) in [5.41, 5.74) is 1.83. The van der Waals surface area contributed by atoms with E-state index in [-0.39, 0.29) is 37.9 Å². The zero-order chi connectivity index (χ0) is 25.5. The molecule has 0 radical (unpaired) electrons. The monoisotopic (exact) mass is 493 g/mol. The van der Waals surface area contributed by atoms with E-state index in [1.165, 1.54) is 24.3 Å². The number of carbonyl (C=O) groups excluding carboxylic acids is 1. The first-order valence-electron chi connectivity index (χ1n) is 10.6. The second kappa shape index (κ2) is 12.0. The molecule has 1 aromatic heterocycles. The Kier molecular flexibility index (Phi) is 9.66. The molecule has 0 spiro atoms. The lowest BCUT2D eigenvalue weighted by Gasteiger charge is -2.23. The van der Waals surface area contributed by atoms with Crippen LogP contribution in [0.4, 0.5) is 10.3 Å². The normalized spacial score (nSPS) is 13.9. The Labute approximate surface area is 198 Å². The summed E-state index contributed by atoms with van der Waals surface area (Å²) in [6.07, 6.45) is 4.09. The molecule has 9 nitrogen and oxygen atoms in total. The molecule has 186 valence electrons. The van der Waals surface area contributed by atoms with E-state index in [9.17, 15) is 32.9 Å². The van der Waals surface area contributed by atoms with E-state index in [0.29, 0.717) is 22.5 Å². The third-order valence-electron chi connectivity index (χ3n) is 4.99. The first-order chi connectivity index (χ1) is 15.9. The number of benzene rings is 1. The largest absolute Gasteiger partial charge is 0.550 e. The number of hydrogen-bond donors (Lipinski definition) is 2. The lowest BCUT2D eigenvalue weighted by atomic mass is 9.91. The average Bonchev–Trinajstić information content (AvgIpc) is 2.75. The van der Waals surface area contributed by atoms with Crippen molar-refractivity contribution in [3.63, 3.8) is 0 Å². The Morgan fingerprint density at radius 3 is 2.32 bits per heavy atom. The van der Waals surface area contributed by atoms with Gasteiger partial charge in [-0.05, 0) is 53.6 Å². The molecule has 2 rings (SSSR count). The number of nitrogens with zero attached hydrogens (tertiary/aromatic N) is 3. The van der Waals surface area contributed by atoms with Crippen molar-refractivity contribution in [1.29, 1.82) is 0 Å². The quantitative estimate of drug-likeness (QED) is 0.456. The number of aliphatic carboxylic acids is 1. The molecule has 0 saturated heterocycles. The molecule has 2 atom stereocenters. The molecule has 0 aliphatic heterocycles. The number of aliphatic hydroxyl groups excluding tert-OH is 2. The van der Waals surface area contributed by atoms with Gasteiger partial charge in [0.05, 0.1) is 0 Å². The first kappa shape index (κ1) is 27.4. The van der Waals surface area contributed by atoms with Crippen LogP contribution in [0.1, 0.15) is 43.9 Å². The highest BCUT2D eigenvalue weighted by atomic mass is 32.2. The SMILES string of the molecule is CC(C)c1nc([N-]S(C)(=O)=O)nc(-c2ccc(F)cc2)c1/C=C/[C@@H](CO)C[C@@H](CO)CC(=O)[O-]. The maximum absolute atomic E-state index is 13.5. The summed E-state index contributed by atoms with van der Waals surface area (Å²) >= 11 is 0. The van der Waals surface area contributed by atoms with Crippen LogP contribution in [0.25, 0.3) is 22.1 Å². The molecule has 2 N–H and O–H groups in total. The van der Waals surface area contributed by atoms with Crippen LogP contribution in [-0.2, 0) is 14.8 Å².